The van der Waals surface area contributed by atoms with Gasteiger partial charge in [0.15, 0.2) is 23.2 Å². The Labute approximate surface area is 105 Å². The highest BCUT2D eigenvalue weighted by molar-refractivity contribution is 5.86. The number of rotatable bonds is 5. The fourth-order valence-corrected chi connectivity index (χ4v) is 1.10. The van der Waals surface area contributed by atoms with Gasteiger partial charge in [0, 0.05) is 13.0 Å². The largest absolute Gasteiger partial charge is 0.479 e. The van der Waals surface area contributed by atoms with Gasteiger partial charge in [-0.25, -0.2) is 8.78 Å². The van der Waals surface area contributed by atoms with Gasteiger partial charge in [-0.05, 0) is 0 Å². The number of carbonyl (C=O) groups excluding carboxylic acids is 2. The molecule has 0 saturated carbocycles. The van der Waals surface area contributed by atoms with Gasteiger partial charge in [0.2, 0.25) is 17.5 Å². The van der Waals surface area contributed by atoms with Crippen LogP contribution in [0.5, 0.6) is 5.75 Å². The number of nitrogens with one attached hydrogen (secondary N) is 1. The average molecular weight is 279 g/mol. The van der Waals surface area contributed by atoms with Crippen molar-refractivity contribution in [3.8, 4) is 5.75 Å². The van der Waals surface area contributed by atoms with Crippen molar-refractivity contribution in [3.05, 3.63) is 29.3 Å². The molecule has 0 bridgehead atoms. The van der Waals surface area contributed by atoms with Crippen LogP contribution in [0.3, 0.4) is 0 Å². The maximum absolute atomic E-state index is 13.1. The Morgan fingerprint density at radius 2 is 1.68 bits per heavy atom. The quantitative estimate of drug-likeness (QED) is 0.653. The van der Waals surface area contributed by atoms with Crippen molar-refractivity contribution in [1.29, 1.82) is 0 Å². The smallest absolute Gasteiger partial charge is 0.217 e. The molecule has 0 fully saturated rings. The first-order chi connectivity index (χ1) is 8.82. The Morgan fingerprint density at radius 3 is 2.16 bits per heavy atom. The molecule has 8 heteroatoms. The van der Waals surface area contributed by atoms with Gasteiger partial charge < -0.3 is 10.1 Å². The van der Waals surface area contributed by atoms with E-state index < -0.39 is 53.9 Å². The van der Waals surface area contributed by atoms with Crippen molar-refractivity contribution < 1.29 is 31.9 Å². The van der Waals surface area contributed by atoms with Gasteiger partial charge in [0.05, 0.1) is 6.54 Å². The van der Waals surface area contributed by atoms with Gasteiger partial charge in [-0.3, -0.25) is 9.59 Å². The summed E-state index contributed by atoms with van der Waals surface area (Å²) in [5.74, 6) is -9.25. The summed E-state index contributed by atoms with van der Waals surface area (Å²) in [6, 6.07) is 0.0245. The minimum atomic E-state index is -1.73. The van der Waals surface area contributed by atoms with Crippen LogP contribution in [0.2, 0.25) is 0 Å². The number of ether oxygens (including phenoxy) is 1. The molecule has 0 aliphatic carbocycles. The maximum Gasteiger partial charge on any atom is 0.217 e. The molecule has 0 saturated heterocycles. The first-order valence-electron chi connectivity index (χ1n) is 5.04. The molecule has 1 aromatic carbocycles. The van der Waals surface area contributed by atoms with Gasteiger partial charge in [-0.15, -0.1) is 0 Å². The zero-order valence-electron chi connectivity index (χ0n) is 9.73. The zero-order valence-corrected chi connectivity index (χ0v) is 9.73. The predicted molar refractivity (Wildman–Crippen MR) is 55.5 cm³/mol. The number of benzene rings is 1. The molecule has 0 aliphatic rings. The fraction of sp³-hybridized carbons (Fsp3) is 0.273. The van der Waals surface area contributed by atoms with Gasteiger partial charge in [-0.1, -0.05) is 0 Å². The summed E-state index contributed by atoms with van der Waals surface area (Å²) in [4.78, 5) is 21.6. The minimum absolute atomic E-state index is 0.0245. The highest BCUT2D eigenvalue weighted by Crippen LogP contribution is 2.26. The molecule has 0 aromatic heterocycles. The minimum Gasteiger partial charge on any atom is -0.479 e. The third-order valence-corrected chi connectivity index (χ3v) is 1.98. The summed E-state index contributed by atoms with van der Waals surface area (Å²) in [7, 11) is 0. The van der Waals surface area contributed by atoms with E-state index in [2.05, 4.69) is 10.1 Å². The Bertz CT molecular complexity index is 493. The summed E-state index contributed by atoms with van der Waals surface area (Å²) in [6.45, 7) is -0.0944. The van der Waals surface area contributed by atoms with Gasteiger partial charge in [0.1, 0.15) is 6.61 Å². The molecule has 0 radical (unpaired) electrons. The number of carbonyl (C=O) groups is 2. The van der Waals surface area contributed by atoms with E-state index in [1.54, 1.807) is 0 Å². The molecule has 0 unspecified atom stereocenters. The van der Waals surface area contributed by atoms with Crippen molar-refractivity contribution in [2.75, 3.05) is 13.2 Å². The molecule has 4 nitrogen and oxygen atoms in total. The molecule has 1 rings (SSSR count). The van der Waals surface area contributed by atoms with Crippen molar-refractivity contribution in [1.82, 2.24) is 5.32 Å². The van der Waals surface area contributed by atoms with Crippen LogP contribution >= 0.6 is 0 Å². The number of hydrogen-bond donors (Lipinski definition) is 1. The second kappa shape index (κ2) is 6.17. The van der Waals surface area contributed by atoms with E-state index in [9.17, 15) is 27.2 Å². The molecule has 0 atom stereocenters. The van der Waals surface area contributed by atoms with Crippen LogP contribution in [0.4, 0.5) is 17.6 Å². The number of hydrogen-bond acceptors (Lipinski definition) is 3. The summed E-state index contributed by atoms with van der Waals surface area (Å²) in [6.07, 6.45) is 0. The lowest BCUT2D eigenvalue weighted by atomic mass is 10.3. The molecule has 1 aromatic rings. The Hall–Kier alpha value is -2.12. The third kappa shape index (κ3) is 3.94. The van der Waals surface area contributed by atoms with Crippen molar-refractivity contribution >= 4 is 11.7 Å². The van der Waals surface area contributed by atoms with E-state index in [1.165, 1.54) is 0 Å². The fourth-order valence-electron chi connectivity index (χ4n) is 1.10. The summed E-state index contributed by atoms with van der Waals surface area (Å²) < 4.78 is 56.2. The zero-order chi connectivity index (χ0) is 14.6. The van der Waals surface area contributed by atoms with Crippen molar-refractivity contribution in [3.63, 3.8) is 0 Å². The lowest BCUT2D eigenvalue weighted by Gasteiger charge is -2.09. The Kier molecular flexibility index (Phi) is 4.85. The first kappa shape index (κ1) is 14.9. The second-order valence-electron chi connectivity index (χ2n) is 3.53. The lowest BCUT2D eigenvalue weighted by molar-refractivity contribution is -0.125. The van der Waals surface area contributed by atoms with Crippen LogP contribution in [0.25, 0.3) is 0 Å². The Balaban J connectivity index is 2.73. The molecule has 0 aliphatic heterocycles. The van der Waals surface area contributed by atoms with E-state index in [0.29, 0.717) is 0 Å². The SMILES string of the molecule is CC(=O)NCC(=O)COc1c(F)c(F)cc(F)c1F. The summed E-state index contributed by atoms with van der Waals surface area (Å²) in [5.41, 5.74) is 0. The highest BCUT2D eigenvalue weighted by Gasteiger charge is 2.21. The number of Topliss-reactive ketones (excluding diaryl/α,β-unsaturated/α-hetero) is 1. The van der Waals surface area contributed by atoms with Crippen LogP contribution in [0.1, 0.15) is 6.92 Å². The molecule has 0 heterocycles. The van der Waals surface area contributed by atoms with Crippen molar-refractivity contribution in [2.45, 2.75) is 6.92 Å². The van der Waals surface area contributed by atoms with Crippen LogP contribution in [-0.2, 0) is 9.59 Å². The van der Waals surface area contributed by atoms with Crippen LogP contribution < -0.4 is 10.1 Å². The summed E-state index contributed by atoms with van der Waals surface area (Å²) >= 11 is 0. The van der Waals surface area contributed by atoms with Gasteiger partial charge in [0.25, 0.3) is 0 Å². The first-order valence-corrected chi connectivity index (χ1v) is 5.04. The van der Waals surface area contributed by atoms with Crippen LogP contribution in [0.15, 0.2) is 6.07 Å². The molecular formula is C11H9F4NO3. The van der Waals surface area contributed by atoms with E-state index in [1.807, 2.05) is 0 Å². The third-order valence-electron chi connectivity index (χ3n) is 1.98. The monoisotopic (exact) mass is 279 g/mol. The van der Waals surface area contributed by atoms with Crippen LogP contribution in [0, 0.1) is 23.3 Å². The van der Waals surface area contributed by atoms with Gasteiger partial charge >= 0.3 is 0 Å². The van der Waals surface area contributed by atoms with E-state index >= 15 is 0 Å². The average Bonchev–Trinajstić information content (AvgIpc) is 2.34. The molecule has 0 spiro atoms. The Morgan fingerprint density at radius 1 is 1.16 bits per heavy atom. The van der Waals surface area contributed by atoms with E-state index in [-0.39, 0.29) is 6.07 Å². The number of halogens is 4. The molecular weight excluding hydrogens is 270 g/mol. The standard InChI is InChI=1S/C11H9F4NO3/c1-5(17)16-3-6(18)4-19-11-9(14)7(12)2-8(13)10(11)15/h2H,3-4H2,1H3,(H,16,17). The molecule has 19 heavy (non-hydrogen) atoms. The maximum atomic E-state index is 13.1. The number of ketones is 1. The molecule has 104 valence electrons. The lowest BCUT2D eigenvalue weighted by Crippen LogP contribution is -2.30. The summed E-state index contributed by atoms with van der Waals surface area (Å²) in [5, 5.41) is 2.13. The molecule has 1 N–H and O–H groups in total. The topological polar surface area (TPSA) is 55.4 Å². The highest BCUT2D eigenvalue weighted by atomic mass is 19.2. The van der Waals surface area contributed by atoms with Crippen molar-refractivity contribution in [2.24, 2.45) is 0 Å². The normalized spacial score (nSPS) is 10.2. The van der Waals surface area contributed by atoms with Crippen LogP contribution in [-0.4, -0.2) is 24.8 Å². The second-order valence-corrected chi connectivity index (χ2v) is 3.53. The number of amides is 1. The van der Waals surface area contributed by atoms with Gasteiger partial charge in [-0.2, -0.15) is 8.78 Å². The van der Waals surface area contributed by atoms with E-state index in [4.69, 9.17) is 0 Å². The predicted octanol–water partition coefficient (Wildman–Crippen LogP) is 1.33. The molecule has 1 amide bonds. The van der Waals surface area contributed by atoms with E-state index in [0.717, 1.165) is 6.92 Å².